The van der Waals surface area contributed by atoms with Gasteiger partial charge in [0, 0.05) is 16.3 Å². The van der Waals surface area contributed by atoms with Gasteiger partial charge in [0.1, 0.15) is 11.4 Å². The van der Waals surface area contributed by atoms with Gasteiger partial charge in [-0.2, -0.15) is 26.3 Å². The molecule has 0 N–H and O–H groups in total. The molecule has 34 heavy (non-hydrogen) atoms. The summed E-state index contributed by atoms with van der Waals surface area (Å²) in [7, 11) is 0. The Kier molecular flexibility index (Phi) is 5.12. The summed E-state index contributed by atoms with van der Waals surface area (Å²) in [6, 6.07) is 15.8. The maximum atomic E-state index is 14.1. The molecule has 0 atom stereocenters. The van der Waals surface area contributed by atoms with Crippen LogP contribution in [0.25, 0.3) is 43.4 Å². The first-order valence-corrected chi connectivity index (χ1v) is 10.9. The fourth-order valence-corrected chi connectivity index (χ4v) is 4.89. The van der Waals surface area contributed by atoms with E-state index in [1.165, 1.54) is 18.3 Å². The minimum Gasteiger partial charge on any atom is -0.166 e. The molecule has 0 aliphatic carbocycles. The highest BCUT2D eigenvalue weighted by molar-refractivity contribution is 7.13. The van der Waals surface area contributed by atoms with E-state index in [4.69, 9.17) is 0 Å². The molecular weight excluding hydrogens is 474 g/mol. The SMILES string of the molecule is Cc1ccc(C(F)(F)F)c(C(F)(F)F)c1-c1nnc(-c2cccs2)c2cc3ccccc3cc12. The highest BCUT2D eigenvalue weighted by Gasteiger charge is 2.46. The molecule has 0 spiro atoms. The molecule has 0 radical (unpaired) electrons. The number of aryl methyl sites for hydroxylation is 1. The Balaban J connectivity index is 1.95. The average molecular weight is 488 g/mol. The van der Waals surface area contributed by atoms with Crippen molar-refractivity contribution in [3.05, 3.63) is 82.7 Å². The number of halogens is 6. The zero-order valence-electron chi connectivity index (χ0n) is 17.4. The maximum absolute atomic E-state index is 14.1. The molecule has 3 aromatic carbocycles. The van der Waals surface area contributed by atoms with Crippen molar-refractivity contribution >= 4 is 32.9 Å². The Labute approximate surface area is 193 Å². The second-order valence-electron chi connectivity index (χ2n) is 7.79. The molecule has 2 heterocycles. The molecule has 5 aromatic rings. The van der Waals surface area contributed by atoms with Gasteiger partial charge in [-0.1, -0.05) is 36.4 Å². The molecule has 0 aliphatic rings. The lowest BCUT2D eigenvalue weighted by atomic mass is 9.90. The zero-order valence-corrected chi connectivity index (χ0v) is 18.2. The summed E-state index contributed by atoms with van der Waals surface area (Å²) in [5, 5.41) is 12.5. The van der Waals surface area contributed by atoms with Crippen LogP contribution in [0.5, 0.6) is 0 Å². The first-order chi connectivity index (χ1) is 16.1. The molecule has 2 aromatic heterocycles. The highest BCUT2D eigenvalue weighted by atomic mass is 32.1. The van der Waals surface area contributed by atoms with Crippen LogP contribution in [0.3, 0.4) is 0 Å². The first kappa shape index (κ1) is 22.3. The molecule has 9 heteroatoms. The van der Waals surface area contributed by atoms with Crippen molar-refractivity contribution in [1.29, 1.82) is 0 Å². The quantitative estimate of drug-likeness (QED) is 0.184. The van der Waals surface area contributed by atoms with Gasteiger partial charge < -0.3 is 0 Å². The second-order valence-corrected chi connectivity index (χ2v) is 8.74. The largest absolute Gasteiger partial charge is 0.417 e. The van der Waals surface area contributed by atoms with Crippen LogP contribution in [0.4, 0.5) is 26.3 Å². The van der Waals surface area contributed by atoms with Gasteiger partial charge in [-0.3, -0.25) is 0 Å². The molecule has 0 saturated carbocycles. The smallest absolute Gasteiger partial charge is 0.166 e. The van der Waals surface area contributed by atoms with E-state index in [1.807, 2.05) is 17.5 Å². The van der Waals surface area contributed by atoms with Crippen molar-refractivity contribution in [1.82, 2.24) is 10.2 Å². The second kappa shape index (κ2) is 7.80. The summed E-state index contributed by atoms with van der Waals surface area (Å²) in [5.74, 6) is 0. The van der Waals surface area contributed by atoms with Gasteiger partial charge in [-0.25, -0.2) is 0 Å². The molecule has 0 saturated heterocycles. The number of alkyl halides is 6. The number of hydrogen-bond donors (Lipinski definition) is 0. The monoisotopic (exact) mass is 488 g/mol. The minimum absolute atomic E-state index is 0.0213. The van der Waals surface area contributed by atoms with Crippen LogP contribution in [0.15, 0.2) is 66.0 Å². The van der Waals surface area contributed by atoms with E-state index >= 15 is 0 Å². The maximum Gasteiger partial charge on any atom is 0.417 e. The summed E-state index contributed by atoms with van der Waals surface area (Å²) in [4.78, 5) is 0.746. The van der Waals surface area contributed by atoms with Gasteiger partial charge in [0.25, 0.3) is 0 Å². The molecule has 0 amide bonds. The van der Waals surface area contributed by atoms with Gasteiger partial charge in [0.2, 0.25) is 0 Å². The lowest BCUT2D eigenvalue weighted by Crippen LogP contribution is -2.19. The van der Waals surface area contributed by atoms with Crippen LogP contribution in [-0.4, -0.2) is 10.2 Å². The Morgan fingerprint density at radius 1 is 0.706 bits per heavy atom. The van der Waals surface area contributed by atoms with E-state index in [9.17, 15) is 26.3 Å². The van der Waals surface area contributed by atoms with Gasteiger partial charge >= 0.3 is 12.4 Å². The topological polar surface area (TPSA) is 25.8 Å². The molecule has 0 fully saturated rings. The van der Waals surface area contributed by atoms with E-state index in [1.54, 1.807) is 36.4 Å². The lowest BCUT2D eigenvalue weighted by molar-refractivity contribution is -0.161. The summed E-state index contributed by atoms with van der Waals surface area (Å²) in [6.45, 7) is 1.34. The molecule has 5 rings (SSSR count). The molecular formula is C25H14F6N2S. The van der Waals surface area contributed by atoms with E-state index in [2.05, 4.69) is 10.2 Å². The van der Waals surface area contributed by atoms with Crippen LogP contribution in [0, 0.1) is 6.92 Å². The van der Waals surface area contributed by atoms with Crippen molar-refractivity contribution in [2.45, 2.75) is 19.3 Å². The van der Waals surface area contributed by atoms with E-state index in [0.29, 0.717) is 22.5 Å². The lowest BCUT2D eigenvalue weighted by Gasteiger charge is -2.21. The van der Waals surface area contributed by atoms with Crippen molar-refractivity contribution in [2.75, 3.05) is 0 Å². The van der Waals surface area contributed by atoms with Crippen molar-refractivity contribution < 1.29 is 26.3 Å². The Hall–Kier alpha value is -3.46. The molecule has 172 valence electrons. The number of benzene rings is 3. The van der Waals surface area contributed by atoms with Crippen LogP contribution in [0.1, 0.15) is 16.7 Å². The number of hydrogen-bond acceptors (Lipinski definition) is 3. The summed E-state index contributed by atoms with van der Waals surface area (Å²) < 4.78 is 83.3. The number of fused-ring (bicyclic) bond motifs is 2. The Bertz CT molecular complexity index is 1540. The van der Waals surface area contributed by atoms with Gasteiger partial charge in [-0.05, 0) is 52.9 Å². The number of thiophene rings is 1. The molecule has 0 bridgehead atoms. The summed E-state index contributed by atoms with van der Waals surface area (Å²) in [5.41, 5.74) is -3.89. The van der Waals surface area contributed by atoms with E-state index in [-0.39, 0.29) is 11.3 Å². The average Bonchev–Trinajstić information content (AvgIpc) is 3.30. The fraction of sp³-hybridized carbons (Fsp3) is 0.120. The van der Waals surface area contributed by atoms with Gasteiger partial charge in [-0.15, -0.1) is 21.5 Å². The standard InChI is InChI=1S/C25H14F6N2S/c1-13-8-9-18(24(26,27)28)21(25(29,30)31)20(13)23-17-12-15-6-3-2-5-14(15)11-16(17)22(32-33-23)19-7-4-10-34-19/h2-12H,1H3. The molecule has 0 aliphatic heterocycles. The summed E-state index contributed by atoms with van der Waals surface area (Å²) in [6.07, 6.45) is -10.5. The minimum atomic E-state index is -5.26. The third-order valence-corrected chi connectivity index (χ3v) is 6.52. The van der Waals surface area contributed by atoms with Crippen LogP contribution >= 0.6 is 11.3 Å². The number of nitrogens with zero attached hydrogens (tertiary/aromatic N) is 2. The predicted molar refractivity (Wildman–Crippen MR) is 121 cm³/mol. The van der Waals surface area contributed by atoms with E-state index < -0.39 is 29.0 Å². The van der Waals surface area contributed by atoms with E-state index in [0.717, 1.165) is 21.7 Å². The van der Waals surface area contributed by atoms with Gasteiger partial charge in [0.05, 0.1) is 16.0 Å². The zero-order chi connectivity index (χ0) is 24.3. The van der Waals surface area contributed by atoms with Crippen LogP contribution < -0.4 is 0 Å². The third-order valence-electron chi connectivity index (χ3n) is 5.64. The Morgan fingerprint density at radius 2 is 1.32 bits per heavy atom. The van der Waals surface area contributed by atoms with Crippen molar-refractivity contribution in [3.8, 4) is 21.8 Å². The summed E-state index contributed by atoms with van der Waals surface area (Å²) >= 11 is 1.38. The van der Waals surface area contributed by atoms with Gasteiger partial charge in [0.15, 0.2) is 0 Å². The third kappa shape index (κ3) is 3.69. The highest BCUT2D eigenvalue weighted by Crippen LogP contribution is 2.47. The van der Waals surface area contributed by atoms with Crippen LogP contribution in [-0.2, 0) is 12.4 Å². The number of rotatable bonds is 2. The molecule has 2 nitrogen and oxygen atoms in total. The molecule has 0 unspecified atom stereocenters. The van der Waals surface area contributed by atoms with Crippen LogP contribution in [0.2, 0.25) is 0 Å². The predicted octanol–water partition coefficient (Wildman–Crippen LogP) is 8.52. The van der Waals surface area contributed by atoms with Crippen molar-refractivity contribution in [2.24, 2.45) is 0 Å². The first-order valence-electron chi connectivity index (χ1n) is 10.1. The Morgan fingerprint density at radius 3 is 1.88 bits per heavy atom. The van der Waals surface area contributed by atoms with Crippen molar-refractivity contribution in [3.63, 3.8) is 0 Å². The normalized spacial score (nSPS) is 12.6. The number of aromatic nitrogens is 2. The fourth-order valence-electron chi connectivity index (χ4n) is 4.16.